The molecule has 56 heavy (non-hydrogen) atoms. The van der Waals surface area contributed by atoms with Gasteiger partial charge in [0.2, 0.25) is 0 Å². The average Bonchev–Trinajstić information content (AvgIpc) is 3.83. The van der Waals surface area contributed by atoms with E-state index in [2.05, 4.69) is 0 Å². The normalized spacial score (nSPS) is 13.4. The zero-order valence-electron chi connectivity index (χ0n) is 28.6. The molecular formula is C44H20N4O8. The molecule has 0 radical (unpaired) electrons. The highest BCUT2D eigenvalue weighted by Crippen LogP contribution is 2.29. The largest absolute Gasteiger partial charge is 0.268 e. The zero-order chi connectivity index (χ0) is 38.3. The van der Waals surface area contributed by atoms with Crippen molar-refractivity contribution < 1.29 is 19.2 Å². The van der Waals surface area contributed by atoms with E-state index in [1.165, 1.54) is 84.9 Å². The molecule has 0 N–H and O–H groups in total. The first-order chi connectivity index (χ1) is 27.1. The van der Waals surface area contributed by atoms with Gasteiger partial charge in [0.05, 0.1) is 65.9 Å². The number of hydrogen-bond donors (Lipinski definition) is 0. The molecule has 0 saturated carbocycles. The number of hydrogen-bond acceptors (Lipinski definition) is 8. The van der Waals surface area contributed by atoms with Crippen LogP contribution in [-0.4, -0.2) is 41.9 Å². The highest BCUT2D eigenvalue weighted by atomic mass is 16.2. The van der Waals surface area contributed by atoms with Gasteiger partial charge in [-0.1, -0.05) is 48.5 Å². The molecule has 0 spiro atoms. The van der Waals surface area contributed by atoms with Crippen LogP contribution in [-0.2, 0) is 0 Å². The SMILES string of the molecule is O=C1c2ccc3cc2c(=O)n1c1cccc(c1)n1c(=O)c2cccc(c2C1=O)c1ccc2c(c1)c(=O)n(c1cccc(c1)n1c(=O)c4cccc3c4C1=O)C2=O. The van der Waals surface area contributed by atoms with Gasteiger partial charge in [0, 0.05) is 0 Å². The van der Waals surface area contributed by atoms with E-state index in [1.54, 1.807) is 36.4 Å². The fourth-order valence-electron chi connectivity index (χ4n) is 8.35. The number of nitrogens with zero attached hydrogens (tertiary/aromatic N) is 4. The van der Waals surface area contributed by atoms with Gasteiger partial charge in [-0.25, -0.2) is 18.3 Å². The zero-order valence-corrected chi connectivity index (χ0v) is 28.6. The van der Waals surface area contributed by atoms with Crippen molar-refractivity contribution in [1.29, 1.82) is 0 Å². The second kappa shape index (κ2) is 10.7. The first kappa shape index (κ1) is 31.4. The Kier molecular flexibility index (Phi) is 6.02. The predicted molar refractivity (Wildman–Crippen MR) is 209 cm³/mol. The van der Waals surface area contributed by atoms with Gasteiger partial charge in [-0.15, -0.1) is 0 Å². The molecular weight excluding hydrogens is 713 g/mol. The molecule has 0 atom stereocenters. The van der Waals surface area contributed by atoms with Crippen LogP contribution in [0.4, 0.5) is 0 Å². The van der Waals surface area contributed by atoms with Crippen molar-refractivity contribution in [2.45, 2.75) is 0 Å². The van der Waals surface area contributed by atoms with E-state index in [4.69, 9.17) is 0 Å². The lowest BCUT2D eigenvalue weighted by Crippen LogP contribution is -2.20. The summed E-state index contributed by atoms with van der Waals surface area (Å²) in [6.45, 7) is 0. The number of carbonyl (C=O) groups is 4. The Hall–Kier alpha value is -8.12. The quantitative estimate of drug-likeness (QED) is 0.206. The summed E-state index contributed by atoms with van der Waals surface area (Å²) >= 11 is 0. The first-order valence-corrected chi connectivity index (χ1v) is 17.4. The monoisotopic (exact) mass is 732 g/mol. The number of aromatic nitrogens is 4. The predicted octanol–water partition coefficient (Wildman–Crippen LogP) is 5.20. The number of rotatable bonds is 0. The van der Waals surface area contributed by atoms with Gasteiger partial charge in [-0.2, -0.15) is 0 Å². The Balaban J connectivity index is 1.32. The van der Waals surface area contributed by atoms with Gasteiger partial charge in [-0.3, -0.25) is 38.4 Å². The molecule has 12 heteroatoms. The van der Waals surface area contributed by atoms with Crippen molar-refractivity contribution in [2.24, 2.45) is 0 Å². The summed E-state index contributed by atoms with van der Waals surface area (Å²) in [5.41, 5.74) is -1.72. The van der Waals surface area contributed by atoms with Crippen LogP contribution >= 0.6 is 0 Å². The summed E-state index contributed by atoms with van der Waals surface area (Å²) in [4.78, 5) is 112. The summed E-state index contributed by atoms with van der Waals surface area (Å²) in [6.07, 6.45) is 0. The molecule has 11 rings (SSSR count). The van der Waals surface area contributed by atoms with Crippen molar-refractivity contribution in [1.82, 2.24) is 18.3 Å². The van der Waals surface area contributed by atoms with Crippen LogP contribution < -0.4 is 22.2 Å². The van der Waals surface area contributed by atoms with Gasteiger partial charge in [0.25, 0.3) is 45.9 Å². The van der Waals surface area contributed by atoms with Crippen LogP contribution in [0.3, 0.4) is 0 Å². The topological polar surface area (TPSA) is 156 Å². The van der Waals surface area contributed by atoms with E-state index in [0.29, 0.717) is 21.5 Å². The Morgan fingerprint density at radius 2 is 0.607 bits per heavy atom. The molecule has 12 nitrogen and oxygen atoms in total. The smallest absolute Gasteiger partial charge is 0.266 e. The van der Waals surface area contributed by atoms with Crippen molar-refractivity contribution in [3.05, 3.63) is 185 Å². The van der Waals surface area contributed by atoms with E-state index in [9.17, 15) is 38.4 Å². The summed E-state index contributed by atoms with van der Waals surface area (Å²) in [6, 6.07) is 30.6. The fourth-order valence-corrected chi connectivity index (χ4v) is 8.35. The Labute approximate surface area is 310 Å². The van der Waals surface area contributed by atoms with Crippen LogP contribution in [0.15, 0.2) is 141 Å². The molecule has 0 aromatic heterocycles. The van der Waals surface area contributed by atoms with E-state index in [1.807, 2.05) is 0 Å². The molecule has 264 valence electrons. The molecule has 6 aromatic carbocycles. The molecule has 0 amide bonds. The van der Waals surface area contributed by atoms with Crippen LogP contribution in [0, 0.1) is 0 Å². The molecule has 0 fully saturated rings. The Bertz CT molecular complexity index is 3530. The van der Waals surface area contributed by atoms with E-state index in [-0.39, 0.29) is 65.9 Å². The number of fused-ring (bicyclic) bond motifs is 16. The molecule has 5 aliphatic rings. The molecule has 5 aliphatic heterocycles. The van der Waals surface area contributed by atoms with Crippen molar-refractivity contribution in [3.8, 4) is 0 Å². The lowest BCUT2D eigenvalue weighted by Gasteiger charge is -2.05. The standard InChI is InChI=1S/C44H20N4O8/c49-37-29-15-13-21-17-33(29)41(53)45(37)23-5-1-7-25(19-23)47-39(51)31-11-3-9-27(35(31)43(47)55)22-14-16-30-34(18-22)42(54)46(38(30)50)24-6-2-8-26(20-24)48-40(52)32-12-4-10-28(21)36(32)44(48)56/h1-20H. The maximum atomic E-state index is 14.2. The lowest BCUT2D eigenvalue weighted by atomic mass is 10.0. The van der Waals surface area contributed by atoms with E-state index < -0.39 is 45.9 Å². The van der Waals surface area contributed by atoms with Gasteiger partial charge >= 0.3 is 0 Å². The third-order valence-electron chi connectivity index (χ3n) is 10.9. The van der Waals surface area contributed by atoms with E-state index >= 15 is 0 Å². The Morgan fingerprint density at radius 3 is 1.00 bits per heavy atom. The molecule has 14 bridgehead atoms. The fraction of sp³-hybridized carbons (Fsp3) is 0. The van der Waals surface area contributed by atoms with Crippen molar-refractivity contribution in [2.75, 3.05) is 0 Å². The molecule has 0 unspecified atom stereocenters. The molecule has 0 saturated heterocycles. The molecule has 5 heterocycles. The highest BCUT2D eigenvalue weighted by molar-refractivity contribution is 6.20. The summed E-state index contributed by atoms with van der Waals surface area (Å²) in [7, 11) is 0. The average molecular weight is 733 g/mol. The van der Waals surface area contributed by atoms with Gasteiger partial charge in [0.1, 0.15) is 0 Å². The second-order valence-electron chi connectivity index (χ2n) is 13.8. The van der Waals surface area contributed by atoms with Crippen LogP contribution in [0.5, 0.6) is 0 Å². The van der Waals surface area contributed by atoms with Crippen molar-refractivity contribution >= 4 is 88.8 Å². The van der Waals surface area contributed by atoms with Gasteiger partial charge in [0.15, 0.2) is 0 Å². The van der Waals surface area contributed by atoms with E-state index in [0.717, 1.165) is 18.3 Å². The third-order valence-corrected chi connectivity index (χ3v) is 10.9. The molecule has 6 aromatic rings. The van der Waals surface area contributed by atoms with Crippen LogP contribution in [0.1, 0.15) is 41.4 Å². The van der Waals surface area contributed by atoms with Crippen LogP contribution in [0.25, 0.3) is 65.2 Å². The third kappa shape index (κ3) is 3.90. The highest BCUT2D eigenvalue weighted by Gasteiger charge is 2.29. The summed E-state index contributed by atoms with van der Waals surface area (Å²) in [5.74, 6) is -2.56. The van der Waals surface area contributed by atoms with Gasteiger partial charge < -0.3 is 0 Å². The number of benzene rings is 6. The number of carbonyl (C=O) groups excluding carboxylic acids is 4. The molecule has 0 aliphatic carbocycles. The van der Waals surface area contributed by atoms with Crippen LogP contribution in [0.2, 0.25) is 0 Å². The Morgan fingerprint density at radius 1 is 0.286 bits per heavy atom. The minimum atomic E-state index is -0.657. The maximum Gasteiger partial charge on any atom is 0.266 e. The van der Waals surface area contributed by atoms with Gasteiger partial charge in [-0.05, 0) is 94.3 Å². The minimum absolute atomic E-state index is 0.0573. The lowest BCUT2D eigenvalue weighted by molar-refractivity contribution is 0.0960. The minimum Gasteiger partial charge on any atom is -0.268 e. The summed E-state index contributed by atoms with van der Waals surface area (Å²) < 4.78 is 3.87. The summed E-state index contributed by atoms with van der Waals surface area (Å²) in [5, 5.41) is 1.82. The van der Waals surface area contributed by atoms with Crippen molar-refractivity contribution in [3.63, 3.8) is 0 Å². The maximum absolute atomic E-state index is 14.2. The second-order valence-corrected chi connectivity index (χ2v) is 13.8. The first-order valence-electron chi connectivity index (χ1n) is 17.4.